The predicted molar refractivity (Wildman–Crippen MR) is 52.8 cm³/mol. The van der Waals surface area contributed by atoms with Gasteiger partial charge in [0.1, 0.15) is 7.05 Å². The first-order valence-corrected chi connectivity index (χ1v) is 4.60. The lowest BCUT2D eigenvalue weighted by Gasteiger charge is -1.96. The fourth-order valence-corrected chi connectivity index (χ4v) is 2.02. The van der Waals surface area contributed by atoms with Gasteiger partial charge in [0.05, 0.1) is 4.47 Å². The van der Waals surface area contributed by atoms with Gasteiger partial charge in [-0.05, 0) is 22.0 Å². The minimum atomic E-state index is 0. The number of rotatable bonds is 0. The molecule has 3 heteroatoms. The minimum absolute atomic E-state index is 0. The van der Waals surface area contributed by atoms with Crippen LogP contribution in [0.15, 0.2) is 41.1 Å². The molecule has 0 saturated carbocycles. The Hall–Kier alpha value is -0.160. The van der Waals surface area contributed by atoms with E-state index in [1.807, 2.05) is 17.7 Å². The zero-order valence-corrected chi connectivity index (χ0v) is 10.9. The molecule has 1 nitrogen and oxygen atoms in total. The van der Waals surface area contributed by atoms with E-state index in [4.69, 9.17) is 0 Å². The van der Waals surface area contributed by atoms with Crippen molar-refractivity contribution in [2.24, 2.45) is 7.05 Å². The Labute approximate surface area is 103 Å². The first-order valence-electron chi connectivity index (χ1n) is 3.81. The SMILES string of the molecule is C[n+]1cc(Br)c2ccccc2c1.[I-]. The second-order valence-electron chi connectivity index (χ2n) is 2.86. The maximum absolute atomic E-state index is 3.53. The Morgan fingerprint density at radius 3 is 2.62 bits per heavy atom. The number of hydrogen-bond donors (Lipinski definition) is 0. The van der Waals surface area contributed by atoms with Crippen LogP contribution in [0.4, 0.5) is 0 Å². The normalized spacial score (nSPS) is 9.69. The highest BCUT2D eigenvalue weighted by Gasteiger charge is 2.02. The van der Waals surface area contributed by atoms with Gasteiger partial charge >= 0.3 is 0 Å². The summed E-state index contributed by atoms with van der Waals surface area (Å²) in [5.74, 6) is 0. The number of halogens is 2. The second kappa shape index (κ2) is 4.37. The Morgan fingerprint density at radius 2 is 1.85 bits per heavy atom. The van der Waals surface area contributed by atoms with Crippen LogP contribution < -0.4 is 28.5 Å². The zero-order chi connectivity index (χ0) is 8.55. The number of aryl methyl sites for hydroxylation is 1. The molecule has 0 aliphatic carbocycles. The molecule has 0 bridgehead atoms. The smallest absolute Gasteiger partial charge is 0.183 e. The van der Waals surface area contributed by atoms with Crippen LogP contribution in [0, 0.1) is 0 Å². The van der Waals surface area contributed by atoms with Crippen molar-refractivity contribution < 1.29 is 28.5 Å². The van der Waals surface area contributed by atoms with E-state index in [0.717, 1.165) is 4.47 Å². The average molecular weight is 350 g/mol. The van der Waals surface area contributed by atoms with E-state index in [2.05, 4.69) is 46.5 Å². The summed E-state index contributed by atoms with van der Waals surface area (Å²) in [6.07, 6.45) is 4.17. The van der Waals surface area contributed by atoms with E-state index in [-0.39, 0.29) is 24.0 Å². The van der Waals surface area contributed by atoms with Crippen molar-refractivity contribution >= 4 is 26.7 Å². The van der Waals surface area contributed by atoms with Crippen molar-refractivity contribution in [3.63, 3.8) is 0 Å². The maximum Gasteiger partial charge on any atom is 0.183 e. The zero-order valence-electron chi connectivity index (χ0n) is 7.17. The van der Waals surface area contributed by atoms with Crippen LogP contribution in [-0.2, 0) is 7.05 Å². The van der Waals surface area contributed by atoms with Crippen molar-refractivity contribution in [1.82, 2.24) is 0 Å². The van der Waals surface area contributed by atoms with Gasteiger partial charge < -0.3 is 24.0 Å². The summed E-state index contributed by atoms with van der Waals surface area (Å²) < 4.78 is 3.19. The summed E-state index contributed by atoms with van der Waals surface area (Å²) in [5.41, 5.74) is 0. The van der Waals surface area contributed by atoms with E-state index < -0.39 is 0 Å². The fraction of sp³-hybridized carbons (Fsp3) is 0.100. The Balaban J connectivity index is 0.000000845. The third-order valence-electron chi connectivity index (χ3n) is 1.88. The molecule has 0 aliphatic heterocycles. The highest BCUT2D eigenvalue weighted by atomic mass is 127. The topological polar surface area (TPSA) is 3.88 Å². The molecule has 1 aromatic carbocycles. The quantitative estimate of drug-likeness (QED) is 0.443. The summed E-state index contributed by atoms with van der Waals surface area (Å²) in [6, 6.07) is 8.32. The van der Waals surface area contributed by atoms with Crippen LogP contribution in [0.25, 0.3) is 10.8 Å². The Kier molecular flexibility index (Phi) is 3.67. The molecule has 0 atom stereocenters. The average Bonchev–Trinajstić information content (AvgIpc) is 2.04. The molecule has 0 spiro atoms. The molecule has 1 aromatic heterocycles. The van der Waals surface area contributed by atoms with E-state index >= 15 is 0 Å². The molecule has 0 radical (unpaired) electrons. The van der Waals surface area contributed by atoms with Gasteiger partial charge in [-0.3, -0.25) is 0 Å². The second-order valence-corrected chi connectivity index (χ2v) is 3.71. The van der Waals surface area contributed by atoms with Crippen molar-refractivity contribution in [2.45, 2.75) is 0 Å². The van der Waals surface area contributed by atoms with Crippen LogP contribution in [0.1, 0.15) is 0 Å². The summed E-state index contributed by atoms with van der Waals surface area (Å²) in [5, 5.41) is 2.52. The van der Waals surface area contributed by atoms with E-state index in [1.165, 1.54) is 10.8 Å². The highest BCUT2D eigenvalue weighted by Crippen LogP contribution is 2.20. The molecule has 2 rings (SSSR count). The molecule has 0 N–H and O–H groups in total. The van der Waals surface area contributed by atoms with Crippen LogP contribution in [0.2, 0.25) is 0 Å². The number of nitrogens with zero attached hydrogens (tertiary/aromatic N) is 1. The predicted octanol–water partition coefficient (Wildman–Crippen LogP) is -0.569. The van der Waals surface area contributed by atoms with Crippen molar-refractivity contribution in [2.75, 3.05) is 0 Å². The van der Waals surface area contributed by atoms with Gasteiger partial charge in [0.2, 0.25) is 0 Å². The van der Waals surface area contributed by atoms with Gasteiger partial charge in [0.15, 0.2) is 12.4 Å². The molecule has 0 unspecified atom stereocenters. The van der Waals surface area contributed by atoms with Crippen LogP contribution in [0.3, 0.4) is 0 Å². The number of hydrogen-bond acceptors (Lipinski definition) is 0. The van der Waals surface area contributed by atoms with Gasteiger partial charge in [-0.2, -0.15) is 0 Å². The molecule has 0 fully saturated rings. The molecule has 1 heterocycles. The van der Waals surface area contributed by atoms with Gasteiger partial charge in [-0.25, -0.2) is 4.57 Å². The standard InChI is InChI=1S/C10H9BrN.HI/c1-12-6-8-4-2-3-5-9(8)10(11)7-12;/h2-7H,1H3;1H/q+1;/p-1. The first kappa shape index (κ1) is 10.9. The Bertz CT molecular complexity index is 428. The number of aromatic nitrogens is 1. The largest absolute Gasteiger partial charge is 1.00 e. The maximum atomic E-state index is 3.53. The lowest BCUT2D eigenvalue weighted by Crippen LogP contribution is -3.00. The van der Waals surface area contributed by atoms with Crippen molar-refractivity contribution in [1.29, 1.82) is 0 Å². The monoisotopic (exact) mass is 349 g/mol. The lowest BCUT2D eigenvalue weighted by atomic mass is 10.2. The molecule has 0 saturated heterocycles. The van der Waals surface area contributed by atoms with Crippen molar-refractivity contribution in [3.05, 3.63) is 41.1 Å². The van der Waals surface area contributed by atoms with Crippen LogP contribution in [-0.4, -0.2) is 0 Å². The number of benzene rings is 1. The third kappa shape index (κ3) is 2.20. The number of fused-ring (bicyclic) bond motifs is 1. The third-order valence-corrected chi connectivity index (χ3v) is 2.51. The lowest BCUT2D eigenvalue weighted by molar-refractivity contribution is -0.670. The minimum Gasteiger partial charge on any atom is -1.00 e. The van der Waals surface area contributed by atoms with Crippen molar-refractivity contribution in [3.8, 4) is 0 Å². The fourth-order valence-electron chi connectivity index (χ4n) is 1.33. The van der Waals surface area contributed by atoms with E-state index in [9.17, 15) is 0 Å². The molecular weight excluding hydrogens is 341 g/mol. The molecule has 0 aliphatic rings. The van der Waals surface area contributed by atoms with Gasteiger partial charge in [0.25, 0.3) is 0 Å². The van der Waals surface area contributed by atoms with Gasteiger partial charge in [-0.15, -0.1) is 0 Å². The summed E-state index contributed by atoms with van der Waals surface area (Å²) in [4.78, 5) is 0. The molecule has 2 aromatic rings. The van der Waals surface area contributed by atoms with Gasteiger partial charge in [0, 0.05) is 10.8 Å². The van der Waals surface area contributed by atoms with E-state index in [0.29, 0.717) is 0 Å². The number of pyridine rings is 1. The summed E-state index contributed by atoms with van der Waals surface area (Å²) >= 11 is 3.53. The van der Waals surface area contributed by atoms with Crippen LogP contribution >= 0.6 is 15.9 Å². The molecular formula is C10H9BrIN. The Morgan fingerprint density at radius 1 is 1.15 bits per heavy atom. The van der Waals surface area contributed by atoms with Crippen LogP contribution in [0.5, 0.6) is 0 Å². The first-order chi connectivity index (χ1) is 5.77. The van der Waals surface area contributed by atoms with E-state index in [1.54, 1.807) is 0 Å². The molecule has 0 amide bonds. The summed E-state index contributed by atoms with van der Waals surface area (Å²) in [6.45, 7) is 0. The van der Waals surface area contributed by atoms with Gasteiger partial charge in [-0.1, -0.05) is 18.2 Å². The molecule has 68 valence electrons. The molecule has 13 heavy (non-hydrogen) atoms. The summed E-state index contributed by atoms with van der Waals surface area (Å²) in [7, 11) is 2.02. The highest BCUT2D eigenvalue weighted by molar-refractivity contribution is 9.10.